The Balaban J connectivity index is 1.20. The molecule has 1 saturated carbocycles. The maximum Gasteiger partial charge on any atom is 0.401 e. The Kier molecular flexibility index (Phi) is 7.76. The lowest BCUT2D eigenvalue weighted by Crippen LogP contribution is -2.28. The summed E-state index contributed by atoms with van der Waals surface area (Å²) in [5.74, 6) is -0.802. The highest BCUT2D eigenvalue weighted by molar-refractivity contribution is 5.91. The first kappa shape index (κ1) is 28.2. The van der Waals surface area contributed by atoms with Gasteiger partial charge in [0.15, 0.2) is 11.6 Å². The number of nitrogens with zero attached hydrogens (tertiary/aromatic N) is 5. The predicted molar refractivity (Wildman–Crippen MR) is 137 cm³/mol. The molecule has 0 aliphatic heterocycles. The number of alkyl halides is 3. The summed E-state index contributed by atoms with van der Waals surface area (Å²) in [5.41, 5.74) is -0.0720. The molecule has 10 nitrogen and oxygen atoms in total. The Morgan fingerprint density at radius 3 is 2.54 bits per heavy atom. The fourth-order valence-electron chi connectivity index (χ4n) is 4.33. The summed E-state index contributed by atoms with van der Waals surface area (Å²) in [4.78, 5) is 21.2. The van der Waals surface area contributed by atoms with E-state index in [0.717, 1.165) is 11.6 Å². The van der Waals surface area contributed by atoms with Gasteiger partial charge in [-0.05, 0) is 30.0 Å². The Morgan fingerprint density at radius 1 is 1.12 bits per heavy atom. The number of benzene rings is 1. The molecule has 4 aromatic rings. The third-order valence-corrected chi connectivity index (χ3v) is 6.73. The zero-order valence-electron chi connectivity index (χ0n) is 22.2. The molecule has 5 rings (SSSR count). The molecule has 1 amide bonds. The van der Waals surface area contributed by atoms with Crippen LogP contribution in [0.5, 0.6) is 5.88 Å². The van der Waals surface area contributed by atoms with Gasteiger partial charge in [-0.2, -0.15) is 13.2 Å². The van der Waals surface area contributed by atoms with Gasteiger partial charge in [-0.15, -0.1) is 5.10 Å². The van der Waals surface area contributed by atoms with Crippen LogP contribution in [0.1, 0.15) is 35.6 Å². The number of aryl methyl sites for hydroxylation is 1. The number of carbonyl (C=O) groups is 1. The van der Waals surface area contributed by atoms with Gasteiger partial charge in [-0.1, -0.05) is 17.3 Å². The van der Waals surface area contributed by atoms with E-state index in [9.17, 15) is 22.4 Å². The van der Waals surface area contributed by atoms with E-state index < -0.39 is 23.3 Å². The van der Waals surface area contributed by atoms with Crippen LogP contribution >= 0.6 is 0 Å². The minimum Gasteiger partial charge on any atom is -0.474 e. The van der Waals surface area contributed by atoms with Crippen molar-refractivity contribution in [2.75, 3.05) is 25.6 Å². The molecule has 0 bridgehead atoms. The summed E-state index contributed by atoms with van der Waals surface area (Å²) in [6.07, 6.45) is 0.322. The molecule has 0 spiro atoms. The molecule has 3 aromatic heterocycles. The summed E-state index contributed by atoms with van der Waals surface area (Å²) >= 11 is 0. The number of anilines is 1. The molecule has 1 N–H and O–H groups in total. The zero-order chi connectivity index (χ0) is 29.2. The minimum atomic E-state index is -4.47. The number of ether oxygens (including phenoxy) is 2. The molecule has 1 fully saturated rings. The van der Waals surface area contributed by atoms with Crippen molar-refractivity contribution < 1.29 is 36.4 Å². The van der Waals surface area contributed by atoms with Crippen molar-refractivity contribution in [3.8, 4) is 17.0 Å². The molecular weight excluding hydrogens is 548 g/mol. The van der Waals surface area contributed by atoms with E-state index in [1.807, 2.05) is 6.20 Å². The number of nitrogens with one attached hydrogen (secondary N) is 1. The number of hydrogen-bond donors (Lipinski definition) is 1. The van der Waals surface area contributed by atoms with Crippen molar-refractivity contribution in [3.63, 3.8) is 0 Å². The average Bonchev–Trinajstić information content (AvgIpc) is 3.51. The number of aromatic nitrogens is 5. The van der Waals surface area contributed by atoms with E-state index in [2.05, 4.69) is 25.5 Å². The van der Waals surface area contributed by atoms with Crippen LogP contribution in [0.4, 0.5) is 23.4 Å². The Morgan fingerprint density at radius 2 is 1.88 bits per heavy atom. The van der Waals surface area contributed by atoms with Crippen LogP contribution in [-0.4, -0.2) is 57.3 Å². The highest BCUT2D eigenvalue weighted by atomic mass is 19.4. The van der Waals surface area contributed by atoms with E-state index in [1.165, 1.54) is 12.1 Å². The van der Waals surface area contributed by atoms with Crippen LogP contribution in [0.3, 0.4) is 0 Å². The van der Waals surface area contributed by atoms with Gasteiger partial charge in [-0.25, -0.2) is 14.4 Å². The summed E-state index contributed by atoms with van der Waals surface area (Å²) < 4.78 is 71.8. The van der Waals surface area contributed by atoms with Crippen molar-refractivity contribution in [1.29, 1.82) is 0 Å². The van der Waals surface area contributed by atoms with E-state index in [4.69, 9.17) is 14.0 Å². The number of amides is 1. The predicted octanol–water partition coefficient (Wildman–Crippen LogP) is 4.40. The second-order valence-electron chi connectivity index (χ2n) is 9.73. The minimum absolute atomic E-state index is 0.0963. The van der Waals surface area contributed by atoms with Gasteiger partial charge < -0.3 is 19.3 Å². The van der Waals surface area contributed by atoms with E-state index in [0.29, 0.717) is 42.5 Å². The normalized spacial score (nSPS) is 14.2. The van der Waals surface area contributed by atoms with Crippen LogP contribution in [-0.2, 0) is 34.8 Å². The first-order chi connectivity index (χ1) is 19.6. The Labute approximate surface area is 231 Å². The topological polar surface area (TPSA) is 117 Å². The van der Waals surface area contributed by atoms with Crippen LogP contribution in [0.25, 0.3) is 11.1 Å². The number of rotatable bonds is 11. The van der Waals surface area contributed by atoms with Crippen molar-refractivity contribution in [3.05, 3.63) is 71.4 Å². The Hall–Kier alpha value is -4.33. The van der Waals surface area contributed by atoms with Gasteiger partial charge in [0.25, 0.3) is 0 Å². The molecule has 1 aliphatic rings. The first-order valence-electron chi connectivity index (χ1n) is 12.7. The molecule has 0 atom stereocenters. The lowest BCUT2D eigenvalue weighted by Gasteiger charge is -2.14. The van der Waals surface area contributed by atoms with Crippen LogP contribution in [0.2, 0.25) is 0 Å². The molecule has 0 saturated heterocycles. The first-order valence-corrected chi connectivity index (χ1v) is 12.7. The monoisotopic (exact) mass is 574 g/mol. The molecule has 216 valence electrons. The van der Waals surface area contributed by atoms with E-state index in [-0.39, 0.29) is 36.4 Å². The SMILES string of the molecule is COCCOc1nn(C)cc1Cc1ncc(-c2ccc(CC(=O)Nc3cc(C4(C(F)(F)F)CC4)on3)c(F)c2)cn1. The molecule has 41 heavy (non-hydrogen) atoms. The molecule has 0 radical (unpaired) electrons. The fraction of sp³-hybridized carbons (Fsp3) is 0.370. The lowest BCUT2D eigenvalue weighted by molar-refractivity contribution is -0.165. The lowest BCUT2D eigenvalue weighted by atomic mass is 10.0. The van der Waals surface area contributed by atoms with Crippen molar-refractivity contribution in [2.24, 2.45) is 7.05 Å². The van der Waals surface area contributed by atoms with Crippen LogP contribution in [0, 0.1) is 5.82 Å². The number of hydrogen-bond acceptors (Lipinski definition) is 8. The maximum absolute atomic E-state index is 14.9. The van der Waals surface area contributed by atoms with Crippen LogP contribution in [0.15, 0.2) is 47.4 Å². The summed E-state index contributed by atoms with van der Waals surface area (Å²) in [6, 6.07) is 5.40. The molecule has 14 heteroatoms. The third kappa shape index (κ3) is 6.21. The molecule has 1 aliphatic carbocycles. The highest BCUT2D eigenvalue weighted by Crippen LogP contribution is 2.59. The fourth-order valence-corrected chi connectivity index (χ4v) is 4.33. The second-order valence-corrected chi connectivity index (χ2v) is 9.73. The summed E-state index contributed by atoms with van der Waals surface area (Å²) in [5, 5.41) is 10.2. The van der Waals surface area contributed by atoms with E-state index >= 15 is 0 Å². The number of halogens is 4. The Bertz CT molecular complexity index is 1530. The van der Waals surface area contributed by atoms with Gasteiger partial charge in [0.2, 0.25) is 11.8 Å². The summed E-state index contributed by atoms with van der Waals surface area (Å²) in [6.45, 7) is 0.781. The molecule has 3 heterocycles. The highest BCUT2D eigenvalue weighted by Gasteiger charge is 2.66. The quantitative estimate of drug-likeness (QED) is 0.207. The largest absolute Gasteiger partial charge is 0.474 e. The van der Waals surface area contributed by atoms with E-state index in [1.54, 1.807) is 37.3 Å². The third-order valence-electron chi connectivity index (χ3n) is 6.73. The van der Waals surface area contributed by atoms with Crippen molar-refractivity contribution in [1.82, 2.24) is 24.9 Å². The van der Waals surface area contributed by atoms with Crippen molar-refractivity contribution in [2.45, 2.75) is 37.3 Å². The van der Waals surface area contributed by atoms with Crippen molar-refractivity contribution >= 4 is 11.7 Å². The molecular formula is C27H26F4N6O4. The van der Waals surface area contributed by atoms with Gasteiger partial charge in [0.1, 0.15) is 23.7 Å². The van der Waals surface area contributed by atoms with Gasteiger partial charge in [0, 0.05) is 56.4 Å². The molecule has 0 unspecified atom stereocenters. The number of carbonyl (C=O) groups excluding carboxylic acids is 1. The standard InChI is InChI=1S/C27H26F4N6O4/c1-37-15-18(25(35-37)40-8-7-39-2)10-22-32-13-19(14-33-22)16-3-4-17(20(28)9-16)11-24(38)34-23-12-21(41-36-23)26(5-6-26)27(29,30)31/h3-4,9,12-15H,5-8,10-11H2,1-2H3,(H,34,36,38). The summed E-state index contributed by atoms with van der Waals surface area (Å²) in [7, 11) is 3.36. The maximum atomic E-state index is 14.9. The number of methoxy groups -OCH3 is 1. The van der Waals surface area contributed by atoms with Gasteiger partial charge in [-0.3, -0.25) is 9.48 Å². The van der Waals surface area contributed by atoms with Gasteiger partial charge in [0.05, 0.1) is 13.0 Å². The zero-order valence-corrected chi connectivity index (χ0v) is 22.2. The van der Waals surface area contributed by atoms with Crippen LogP contribution < -0.4 is 10.1 Å². The smallest absolute Gasteiger partial charge is 0.401 e. The second kappa shape index (κ2) is 11.3. The van der Waals surface area contributed by atoms with Gasteiger partial charge >= 0.3 is 6.18 Å². The average molecular weight is 575 g/mol. The molecule has 1 aromatic carbocycles.